The fourth-order valence-electron chi connectivity index (χ4n) is 2.46. The van der Waals surface area contributed by atoms with Crippen LogP contribution in [0, 0.1) is 13.8 Å². The molecule has 3 nitrogen and oxygen atoms in total. The summed E-state index contributed by atoms with van der Waals surface area (Å²) in [6.07, 6.45) is 0. The normalized spacial score (nSPS) is 12.0. The van der Waals surface area contributed by atoms with Crippen molar-refractivity contribution in [2.75, 3.05) is 11.9 Å². The molecule has 0 fully saturated rings. The monoisotopic (exact) mass is 317 g/mol. The van der Waals surface area contributed by atoms with Crippen molar-refractivity contribution in [1.82, 2.24) is 0 Å². The third-order valence-corrected chi connectivity index (χ3v) is 4.14. The van der Waals surface area contributed by atoms with Crippen LogP contribution < -0.4 is 10.6 Å². The highest BCUT2D eigenvalue weighted by atomic mass is 35.5. The van der Waals surface area contributed by atoms with Crippen LogP contribution in [-0.4, -0.2) is 12.5 Å². The van der Waals surface area contributed by atoms with E-state index in [1.54, 1.807) is 0 Å². The molecule has 0 aliphatic carbocycles. The van der Waals surface area contributed by atoms with Crippen molar-refractivity contribution in [3.05, 3.63) is 64.2 Å². The van der Waals surface area contributed by atoms with E-state index in [-0.39, 0.29) is 11.9 Å². The van der Waals surface area contributed by atoms with Gasteiger partial charge in [0, 0.05) is 16.3 Å². The van der Waals surface area contributed by atoms with Gasteiger partial charge in [0.2, 0.25) is 0 Å². The van der Waals surface area contributed by atoms with Crippen molar-refractivity contribution >= 4 is 23.2 Å². The summed E-state index contributed by atoms with van der Waals surface area (Å²) in [5.74, 6) is -0.00342. The maximum atomic E-state index is 12.2. The molecule has 22 heavy (non-hydrogen) atoms. The molecule has 4 heteroatoms. The van der Waals surface area contributed by atoms with Crippen LogP contribution in [0.5, 0.6) is 0 Å². The molecule has 0 saturated heterocycles. The van der Waals surface area contributed by atoms with Gasteiger partial charge in [-0.15, -0.1) is 0 Å². The Kier molecular flexibility index (Phi) is 5.58. The zero-order valence-corrected chi connectivity index (χ0v) is 13.9. The van der Waals surface area contributed by atoms with E-state index in [1.807, 2.05) is 68.6 Å². The van der Waals surface area contributed by atoms with E-state index < -0.39 is 0 Å². The highest BCUT2D eigenvalue weighted by Gasteiger charge is 2.15. The highest BCUT2D eigenvalue weighted by Crippen LogP contribution is 2.20. The van der Waals surface area contributed by atoms with Crippen molar-refractivity contribution in [2.24, 2.45) is 0 Å². The predicted octanol–water partition coefficient (Wildman–Crippen LogP) is 3.22. The van der Waals surface area contributed by atoms with E-state index in [1.165, 1.54) is 0 Å². The first-order chi connectivity index (χ1) is 10.5. The lowest BCUT2D eigenvalue weighted by Crippen LogP contribution is -2.86. The van der Waals surface area contributed by atoms with Crippen molar-refractivity contribution in [3.63, 3.8) is 0 Å². The number of benzene rings is 2. The second-order valence-corrected chi connectivity index (χ2v) is 5.97. The molecule has 116 valence electrons. The van der Waals surface area contributed by atoms with Crippen molar-refractivity contribution in [2.45, 2.75) is 26.8 Å². The number of hydrogen-bond donors (Lipinski definition) is 2. The van der Waals surface area contributed by atoms with Gasteiger partial charge in [0.05, 0.1) is 0 Å². The second-order valence-electron chi connectivity index (χ2n) is 5.56. The molecule has 0 bridgehead atoms. The summed E-state index contributed by atoms with van der Waals surface area (Å²) < 4.78 is 0. The largest absolute Gasteiger partial charge is 0.332 e. The standard InChI is InChI=1S/C18H21ClN2O/c1-12-7-6-8-13(2)18(12)21-17(22)11-20-14(3)15-9-4-5-10-16(15)19/h4-10,14,20H,11H2,1-3H3,(H,21,22)/p+1/t14-/m0/s1. The molecule has 1 amide bonds. The Labute approximate surface area is 136 Å². The van der Waals surface area contributed by atoms with Gasteiger partial charge in [-0.3, -0.25) is 4.79 Å². The Morgan fingerprint density at radius 1 is 1.14 bits per heavy atom. The molecule has 0 aliphatic rings. The average Bonchev–Trinajstić information content (AvgIpc) is 2.49. The Bertz CT molecular complexity index is 650. The van der Waals surface area contributed by atoms with Crippen molar-refractivity contribution in [1.29, 1.82) is 0 Å². The third kappa shape index (κ3) is 4.09. The van der Waals surface area contributed by atoms with E-state index in [0.29, 0.717) is 6.54 Å². The number of quaternary nitrogens is 1. The lowest BCUT2D eigenvalue weighted by atomic mass is 10.1. The molecule has 2 rings (SSSR count). The maximum absolute atomic E-state index is 12.2. The fourth-order valence-corrected chi connectivity index (χ4v) is 2.77. The van der Waals surface area contributed by atoms with Crippen LogP contribution >= 0.6 is 11.6 Å². The highest BCUT2D eigenvalue weighted by molar-refractivity contribution is 6.31. The molecule has 2 aromatic rings. The summed E-state index contributed by atoms with van der Waals surface area (Å²) >= 11 is 6.19. The van der Waals surface area contributed by atoms with Gasteiger partial charge in [0.1, 0.15) is 6.04 Å². The van der Waals surface area contributed by atoms with Gasteiger partial charge in [0.25, 0.3) is 5.91 Å². The smallest absolute Gasteiger partial charge is 0.279 e. The summed E-state index contributed by atoms with van der Waals surface area (Å²) in [5, 5.41) is 5.72. The SMILES string of the molecule is Cc1cccc(C)c1NC(=O)C[NH2+][C@@H](C)c1ccccc1Cl. The third-order valence-electron chi connectivity index (χ3n) is 3.80. The zero-order chi connectivity index (χ0) is 16.1. The predicted molar refractivity (Wildman–Crippen MR) is 91.2 cm³/mol. The number of carbonyl (C=O) groups excluding carboxylic acids is 1. The zero-order valence-electron chi connectivity index (χ0n) is 13.2. The van der Waals surface area contributed by atoms with E-state index in [0.717, 1.165) is 27.4 Å². The number of nitrogens with two attached hydrogens (primary N) is 1. The number of para-hydroxylation sites is 1. The second kappa shape index (κ2) is 7.43. The number of amides is 1. The van der Waals surface area contributed by atoms with Gasteiger partial charge in [-0.25, -0.2) is 0 Å². The van der Waals surface area contributed by atoms with E-state index in [4.69, 9.17) is 11.6 Å². The van der Waals surface area contributed by atoms with Gasteiger partial charge in [-0.1, -0.05) is 48.0 Å². The summed E-state index contributed by atoms with van der Waals surface area (Å²) in [6.45, 7) is 6.41. The number of nitrogens with one attached hydrogen (secondary N) is 1. The first-order valence-corrected chi connectivity index (χ1v) is 7.80. The molecular weight excluding hydrogens is 296 g/mol. The lowest BCUT2D eigenvalue weighted by Gasteiger charge is -2.14. The molecular formula is C18H22ClN2O+. The van der Waals surface area contributed by atoms with E-state index >= 15 is 0 Å². The Morgan fingerprint density at radius 3 is 2.41 bits per heavy atom. The van der Waals surface area contributed by atoms with Gasteiger partial charge in [-0.2, -0.15) is 0 Å². The molecule has 2 aromatic carbocycles. The molecule has 0 unspecified atom stereocenters. The summed E-state index contributed by atoms with van der Waals surface area (Å²) in [7, 11) is 0. The molecule has 0 radical (unpaired) electrons. The van der Waals surface area contributed by atoms with Crippen LogP contribution in [0.2, 0.25) is 5.02 Å². The molecule has 3 N–H and O–H groups in total. The number of hydrogen-bond acceptors (Lipinski definition) is 1. The minimum Gasteiger partial charge on any atom is -0.332 e. The summed E-state index contributed by atoms with van der Waals surface area (Å²) in [6, 6.07) is 13.9. The van der Waals surface area contributed by atoms with Gasteiger partial charge in [0.15, 0.2) is 6.54 Å². The average molecular weight is 318 g/mol. The minimum atomic E-state index is -0.00342. The lowest BCUT2D eigenvalue weighted by molar-refractivity contribution is -0.682. The minimum absolute atomic E-state index is 0.00342. The van der Waals surface area contributed by atoms with Crippen molar-refractivity contribution in [3.8, 4) is 0 Å². The van der Waals surface area contributed by atoms with Crippen molar-refractivity contribution < 1.29 is 10.1 Å². The maximum Gasteiger partial charge on any atom is 0.279 e. The number of halogens is 1. The van der Waals surface area contributed by atoms with Crippen LogP contribution in [-0.2, 0) is 4.79 Å². The van der Waals surface area contributed by atoms with Crippen LogP contribution in [0.25, 0.3) is 0 Å². The quantitative estimate of drug-likeness (QED) is 0.874. The summed E-state index contributed by atoms with van der Waals surface area (Å²) in [4.78, 5) is 12.2. The van der Waals surface area contributed by atoms with Crippen LogP contribution in [0.3, 0.4) is 0 Å². The summed E-state index contributed by atoms with van der Waals surface area (Å²) in [5.41, 5.74) is 4.11. The topological polar surface area (TPSA) is 45.7 Å². The Morgan fingerprint density at radius 2 is 1.77 bits per heavy atom. The Hall–Kier alpha value is -1.84. The van der Waals surface area contributed by atoms with Crippen LogP contribution in [0.1, 0.15) is 29.7 Å². The first kappa shape index (κ1) is 16.5. The van der Waals surface area contributed by atoms with Crippen LogP contribution in [0.4, 0.5) is 5.69 Å². The number of rotatable bonds is 5. The van der Waals surface area contributed by atoms with Gasteiger partial charge in [-0.05, 0) is 38.0 Å². The molecule has 0 aliphatic heterocycles. The molecule has 1 atom stereocenters. The molecule has 0 spiro atoms. The van der Waals surface area contributed by atoms with E-state index in [2.05, 4.69) is 5.32 Å². The van der Waals surface area contributed by atoms with Gasteiger partial charge >= 0.3 is 0 Å². The number of anilines is 1. The van der Waals surface area contributed by atoms with Gasteiger partial charge < -0.3 is 10.6 Å². The number of aryl methyl sites for hydroxylation is 2. The molecule has 0 heterocycles. The molecule has 0 aromatic heterocycles. The first-order valence-electron chi connectivity index (χ1n) is 7.43. The van der Waals surface area contributed by atoms with Crippen LogP contribution in [0.15, 0.2) is 42.5 Å². The Balaban J connectivity index is 1.95. The van der Waals surface area contributed by atoms with E-state index in [9.17, 15) is 4.79 Å². The molecule has 0 saturated carbocycles. The fraction of sp³-hybridized carbons (Fsp3) is 0.278. The number of carbonyl (C=O) groups is 1.